The van der Waals surface area contributed by atoms with Gasteiger partial charge in [0.2, 0.25) is 0 Å². The standard InChI is InChI=1S/C28H26N2/c1-23-13-11-12-14-24(23)21-22-30(27-19-9-4-10-20-27)29-28(25-15-5-2-6-16-25)26-17-7-3-8-18-26/h2-20H,21-22H2,1H3. The van der Waals surface area contributed by atoms with Crippen LogP contribution in [0.1, 0.15) is 22.3 Å². The summed E-state index contributed by atoms with van der Waals surface area (Å²) in [6.07, 6.45) is 0.932. The van der Waals surface area contributed by atoms with E-state index in [-0.39, 0.29) is 0 Å². The summed E-state index contributed by atoms with van der Waals surface area (Å²) in [5.74, 6) is 0. The predicted octanol–water partition coefficient (Wildman–Crippen LogP) is 6.50. The van der Waals surface area contributed by atoms with Gasteiger partial charge in [0.25, 0.3) is 0 Å². The first-order chi connectivity index (χ1) is 14.8. The zero-order chi connectivity index (χ0) is 20.6. The van der Waals surface area contributed by atoms with E-state index < -0.39 is 0 Å². The number of nitrogens with zero attached hydrogens (tertiary/aromatic N) is 2. The van der Waals surface area contributed by atoms with E-state index >= 15 is 0 Å². The van der Waals surface area contributed by atoms with Crippen molar-refractivity contribution in [3.05, 3.63) is 138 Å². The maximum atomic E-state index is 5.18. The summed E-state index contributed by atoms with van der Waals surface area (Å²) in [5.41, 5.74) is 6.97. The normalized spacial score (nSPS) is 10.4. The summed E-state index contributed by atoms with van der Waals surface area (Å²) in [4.78, 5) is 0. The lowest BCUT2D eigenvalue weighted by Crippen LogP contribution is -2.23. The van der Waals surface area contributed by atoms with Gasteiger partial charge in [0.1, 0.15) is 0 Å². The Kier molecular flexibility index (Phi) is 6.36. The van der Waals surface area contributed by atoms with Crippen LogP contribution < -0.4 is 5.01 Å². The molecule has 0 saturated heterocycles. The lowest BCUT2D eigenvalue weighted by molar-refractivity contribution is 0.822. The molecule has 0 aliphatic rings. The maximum Gasteiger partial charge on any atom is 0.0980 e. The van der Waals surface area contributed by atoms with Crippen LogP contribution in [0.3, 0.4) is 0 Å². The number of anilines is 1. The number of para-hydroxylation sites is 1. The van der Waals surface area contributed by atoms with Gasteiger partial charge >= 0.3 is 0 Å². The number of hydrazone groups is 1. The average Bonchev–Trinajstić information content (AvgIpc) is 2.82. The van der Waals surface area contributed by atoms with E-state index in [1.165, 1.54) is 11.1 Å². The van der Waals surface area contributed by atoms with Crippen molar-refractivity contribution >= 4 is 11.4 Å². The second kappa shape index (κ2) is 9.71. The van der Waals surface area contributed by atoms with E-state index in [0.29, 0.717) is 0 Å². The number of hydrogen-bond donors (Lipinski definition) is 0. The largest absolute Gasteiger partial charge is 0.265 e. The van der Waals surface area contributed by atoms with Crippen molar-refractivity contribution in [1.29, 1.82) is 0 Å². The van der Waals surface area contributed by atoms with Crippen LogP contribution in [0, 0.1) is 6.92 Å². The van der Waals surface area contributed by atoms with Crippen LogP contribution in [0.4, 0.5) is 5.69 Å². The molecule has 0 radical (unpaired) electrons. The maximum absolute atomic E-state index is 5.18. The molecule has 4 aromatic rings. The highest BCUT2D eigenvalue weighted by Crippen LogP contribution is 2.19. The van der Waals surface area contributed by atoms with Crippen molar-refractivity contribution < 1.29 is 0 Å². The molecule has 4 rings (SSSR count). The third-order valence-electron chi connectivity index (χ3n) is 5.22. The summed E-state index contributed by atoms with van der Waals surface area (Å²) in [6.45, 7) is 2.98. The minimum Gasteiger partial charge on any atom is -0.265 e. The van der Waals surface area contributed by atoms with Crippen LogP contribution in [0.2, 0.25) is 0 Å². The minimum absolute atomic E-state index is 0.804. The van der Waals surface area contributed by atoms with Gasteiger partial charge in [-0.15, -0.1) is 0 Å². The van der Waals surface area contributed by atoms with Gasteiger partial charge in [-0.3, -0.25) is 5.01 Å². The lowest BCUT2D eigenvalue weighted by Gasteiger charge is -2.22. The predicted molar refractivity (Wildman–Crippen MR) is 127 cm³/mol. The van der Waals surface area contributed by atoms with E-state index in [0.717, 1.165) is 35.5 Å². The van der Waals surface area contributed by atoms with Crippen molar-refractivity contribution in [3.63, 3.8) is 0 Å². The fourth-order valence-corrected chi connectivity index (χ4v) is 3.55. The van der Waals surface area contributed by atoms with Gasteiger partial charge in [-0.05, 0) is 36.6 Å². The number of hydrogen-bond acceptors (Lipinski definition) is 2. The topological polar surface area (TPSA) is 15.6 Å². The van der Waals surface area contributed by atoms with Crippen molar-refractivity contribution in [3.8, 4) is 0 Å². The van der Waals surface area contributed by atoms with E-state index in [1.54, 1.807) is 0 Å². The molecule has 0 spiro atoms. The molecule has 0 saturated carbocycles. The Morgan fingerprint density at radius 3 is 1.70 bits per heavy atom. The molecule has 2 heteroatoms. The van der Waals surface area contributed by atoms with Gasteiger partial charge in [-0.2, -0.15) is 5.10 Å². The molecule has 0 aromatic heterocycles. The van der Waals surface area contributed by atoms with Crippen LogP contribution in [-0.4, -0.2) is 12.3 Å². The van der Waals surface area contributed by atoms with Crippen LogP contribution in [0.15, 0.2) is 120 Å². The SMILES string of the molecule is Cc1ccccc1CCN(N=C(c1ccccc1)c1ccccc1)c1ccccc1. The zero-order valence-electron chi connectivity index (χ0n) is 17.3. The summed E-state index contributed by atoms with van der Waals surface area (Å²) in [5, 5.41) is 7.31. The Hall–Kier alpha value is -3.65. The van der Waals surface area contributed by atoms with Crippen molar-refractivity contribution in [2.75, 3.05) is 11.6 Å². The molecule has 0 aliphatic carbocycles. The smallest absolute Gasteiger partial charge is 0.0980 e. The molecule has 0 fully saturated rings. The second-order valence-electron chi connectivity index (χ2n) is 7.32. The summed E-state index contributed by atoms with van der Waals surface area (Å²) < 4.78 is 0. The van der Waals surface area contributed by atoms with E-state index in [4.69, 9.17) is 5.10 Å². The van der Waals surface area contributed by atoms with Gasteiger partial charge < -0.3 is 0 Å². The molecule has 0 bridgehead atoms. The Morgan fingerprint density at radius 1 is 0.633 bits per heavy atom. The van der Waals surface area contributed by atoms with Crippen LogP contribution >= 0.6 is 0 Å². The van der Waals surface area contributed by atoms with Crippen molar-refractivity contribution in [2.24, 2.45) is 5.10 Å². The number of benzene rings is 4. The molecular formula is C28H26N2. The zero-order valence-corrected chi connectivity index (χ0v) is 17.3. The first kappa shape index (κ1) is 19.7. The average molecular weight is 391 g/mol. The van der Waals surface area contributed by atoms with Gasteiger partial charge in [-0.1, -0.05) is 103 Å². The molecule has 4 aromatic carbocycles. The van der Waals surface area contributed by atoms with Gasteiger partial charge in [-0.25, -0.2) is 0 Å². The summed E-state index contributed by atoms with van der Waals surface area (Å²) in [6, 6.07) is 39.8. The molecular weight excluding hydrogens is 364 g/mol. The molecule has 0 atom stereocenters. The third-order valence-corrected chi connectivity index (χ3v) is 5.22. The molecule has 0 aliphatic heterocycles. The molecule has 148 valence electrons. The monoisotopic (exact) mass is 390 g/mol. The highest BCUT2D eigenvalue weighted by molar-refractivity contribution is 6.13. The van der Waals surface area contributed by atoms with Gasteiger partial charge in [0.15, 0.2) is 0 Å². The van der Waals surface area contributed by atoms with Crippen molar-refractivity contribution in [1.82, 2.24) is 0 Å². The second-order valence-corrected chi connectivity index (χ2v) is 7.32. The molecule has 0 unspecified atom stereocenters. The van der Waals surface area contributed by atoms with E-state index in [9.17, 15) is 0 Å². The molecule has 0 heterocycles. The van der Waals surface area contributed by atoms with Crippen LogP contribution in [0.5, 0.6) is 0 Å². The van der Waals surface area contributed by atoms with Gasteiger partial charge in [0.05, 0.1) is 11.4 Å². The lowest BCUT2D eigenvalue weighted by atomic mass is 10.0. The van der Waals surface area contributed by atoms with E-state index in [1.807, 2.05) is 18.2 Å². The molecule has 2 nitrogen and oxygen atoms in total. The highest BCUT2D eigenvalue weighted by atomic mass is 15.5. The Labute approximate surface area is 179 Å². The Morgan fingerprint density at radius 2 is 1.13 bits per heavy atom. The minimum atomic E-state index is 0.804. The van der Waals surface area contributed by atoms with E-state index in [2.05, 4.69) is 109 Å². The molecule has 30 heavy (non-hydrogen) atoms. The summed E-state index contributed by atoms with van der Waals surface area (Å²) >= 11 is 0. The number of rotatable bonds is 7. The van der Waals surface area contributed by atoms with Crippen LogP contribution in [-0.2, 0) is 6.42 Å². The first-order valence-electron chi connectivity index (χ1n) is 10.4. The third kappa shape index (κ3) is 4.84. The quantitative estimate of drug-likeness (QED) is 0.260. The summed E-state index contributed by atoms with van der Waals surface area (Å²) in [7, 11) is 0. The first-order valence-corrected chi connectivity index (χ1v) is 10.4. The fraction of sp³-hybridized carbons (Fsp3) is 0.107. The number of aryl methyl sites for hydroxylation is 1. The highest BCUT2D eigenvalue weighted by Gasteiger charge is 2.12. The Bertz CT molecular complexity index is 1050. The molecule has 0 N–H and O–H groups in total. The van der Waals surface area contributed by atoms with Crippen LogP contribution in [0.25, 0.3) is 0 Å². The Balaban J connectivity index is 1.74. The molecule has 0 amide bonds. The van der Waals surface area contributed by atoms with Crippen molar-refractivity contribution in [2.45, 2.75) is 13.3 Å². The van der Waals surface area contributed by atoms with Gasteiger partial charge in [0, 0.05) is 17.7 Å². The fourth-order valence-electron chi connectivity index (χ4n) is 3.55.